The summed E-state index contributed by atoms with van der Waals surface area (Å²) < 4.78 is 33.1. The molecule has 1 rings (SSSR count). The van der Waals surface area contributed by atoms with Gasteiger partial charge in [-0.15, -0.1) is 11.3 Å². The first-order valence-electron chi connectivity index (χ1n) is 6.79. The smallest absolute Gasteiger partial charge is 0.250 e. The van der Waals surface area contributed by atoms with Crippen molar-refractivity contribution in [2.75, 3.05) is 19.8 Å². The lowest BCUT2D eigenvalue weighted by Crippen LogP contribution is -2.41. The summed E-state index contributed by atoms with van der Waals surface area (Å²) in [4.78, 5) is 0.985. The van der Waals surface area contributed by atoms with Gasteiger partial charge in [0.25, 0.3) is 0 Å². The van der Waals surface area contributed by atoms with Gasteiger partial charge in [0.05, 0.1) is 6.61 Å². The van der Waals surface area contributed by atoms with Crippen LogP contribution in [0.4, 0.5) is 0 Å². The molecule has 7 heteroatoms. The summed E-state index contributed by atoms with van der Waals surface area (Å²) in [5.74, 6) is 0.166. The fraction of sp³-hybridized carbons (Fsp3) is 0.692. The molecule has 0 aliphatic heterocycles. The highest BCUT2D eigenvalue weighted by atomic mass is 32.2. The van der Waals surface area contributed by atoms with Crippen molar-refractivity contribution in [1.29, 1.82) is 0 Å². The number of nitrogens with one attached hydrogen (secondary N) is 1. The van der Waals surface area contributed by atoms with Crippen molar-refractivity contribution in [2.45, 2.75) is 37.4 Å². The second kappa shape index (κ2) is 8.09. The SMILES string of the molecule is CCOCC(NS(=O)(=O)c1ccc(CCN)s1)C(C)C. The molecule has 1 unspecified atom stereocenters. The minimum atomic E-state index is -3.48. The fourth-order valence-corrected chi connectivity index (χ4v) is 4.40. The minimum Gasteiger partial charge on any atom is -0.380 e. The van der Waals surface area contributed by atoms with Crippen molar-refractivity contribution in [2.24, 2.45) is 11.7 Å². The topological polar surface area (TPSA) is 81.4 Å². The van der Waals surface area contributed by atoms with Gasteiger partial charge in [-0.25, -0.2) is 13.1 Å². The quantitative estimate of drug-likeness (QED) is 0.724. The Hall–Kier alpha value is -0.470. The second-order valence-corrected chi connectivity index (χ2v) is 8.00. The van der Waals surface area contributed by atoms with Crippen molar-refractivity contribution in [3.8, 4) is 0 Å². The average Bonchev–Trinajstić information content (AvgIpc) is 2.84. The molecule has 1 aromatic rings. The van der Waals surface area contributed by atoms with Gasteiger partial charge in [-0.2, -0.15) is 0 Å². The Morgan fingerprint density at radius 3 is 2.65 bits per heavy atom. The van der Waals surface area contributed by atoms with Gasteiger partial charge in [-0.1, -0.05) is 13.8 Å². The third-order valence-electron chi connectivity index (χ3n) is 2.91. The van der Waals surface area contributed by atoms with E-state index in [1.807, 2.05) is 26.8 Å². The number of sulfonamides is 1. The molecule has 3 N–H and O–H groups in total. The zero-order valence-electron chi connectivity index (χ0n) is 12.3. The van der Waals surface area contributed by atoms with Crippen LogP contribution in [-0.4, -0.2) is 34.2 Å². The summed E-state index contributed by atoms with van der Waals surface area (Å²) in [7, 11) is -3.48. The molecule has 0 amide bonds. The summed E-state index contributed by atoms with van der Waals surface area (Å²) in [6, 6.07) is 3.23. The zero-order chi connectivity index (χ0) is 15.2. The maximum atomic E-state index is 12.3. The van der Waals surface area contributed by atoms with E-state index in [2.05, 4.69) is 4.72 Å². The summed E-state index contributed by atoms with van der Waals surface area (Å²) in [6.45, 7) is 7.32. The van der Waals surface area contributed by atoms with Crippen LogP contribution in [0.5, 0.6) is 0 Å². The van der Waals surface area contributed by atoms with E-state index in [0.29, 0.717) is 30.4 Å². The van der Waals surface area contributed by atoms with E-state index in [1.165, 1.54) is 11.3 Å². The highest BCUT2D eigenvalue weighted by Gasteiger charge is 2.23. The molecule has 0 saturated carbocycles. The maximum absolute atomic E-state index is 12.3. The summed E-state index contributed by atoms with van der Waals surface area (Å²) in [6.07, 6.45) is 0.701. The number of rotatable bonds is 9. The number of hydrogen-bond acceptors (Lipinski definition) is 5. The van der Waals surface area contributed by atoms with Crippen LogP contribution in [0.2, 0.25) is 0 Å². The van der Waals surface area contributed by atoms with E-state index in [9.17, 15) is 8.42 Å². The Labute approximate surface area is 125 Å². The minimum absolute atomic E-state index is 0.166. The van der Waals surface area contributed by atoms with Crippen LogP contribution in [0.3, 0.4) is 0 Å². The molecule has 116 valence electrons. The average molecular weight is 320 g/mol. The van der Waals surface area contributed by atoms with Crippen LogP contribution in [0.1, 0.15) is 25.6 Å². The van der Waals surface area contributed by atoms with Gasteiger partial charge >= 0.3 is 0 Å². The Balaban J connectivity index is 2.80. The van der Waals surface area contributed by atoms with E-state index in [0.717, 1.165) is 4.88 Å². The molecule has 0 fully saturated rings. The van der Waals surface area contributed by atoms with Crippen LogP contribution in [-0.2, 0) is 21.2 Å². The van der Waals surface area contributed by atoms with Gasteiger partial charge in [0, 0.05) is 17.5 Å². The molecule has 0 aromatic carbocycles. The molecule has 1 atom stereocenters. The highest BCUT2D eigenvalue weighted by Crippen LogP contribution is 2.22. The van der Waals surface area contributed by atoms with Crippen molar-refractivity contribution in [1.82, 2.24) is 4.72 Å². The lowest BCUT2D eigenvalue weighted by atomic mass is 10.1. The third-order valence-corrected chi connectivity index (χ3v) is 6.03. The predicted octanol–water partition coefficient (Wildman–Crippen LogP) is 1.59. The lowest BCUT2D eigenvalue weighted by molar-refractivity contribution is 0.116. The Morgan fingerprint density at radius 1 is 1.40 bits per heavy atom. The molecule has 1 heterocycles. The molecule has 5 nitrogen and oxygen atoms in total. The van der Waals surface area contributed by atoms with Crippen molar-refractivity contribution >= 4 is 21.4 Å². The van der Waals surface area contributed by atoms with Crippen LogP contribution in [0.25, 0.3) is 0 Å². The van der Waals surface area contributed by atoms with Gasteiger partial charge in [0.15, 0.2) is 0 Å². The molecular formula is C13H24N2O3S2. The van der Waals surface area contributed by atoms with Crippen LogP contribution in [0.15, 0.2) is 16.3 Å². The van der Waals surface area contributed by atoms with E-state index in [4.69, 9.17) is 10.5 Å². The van der Waals surface area contributed by atoms with Crippen molar-refractivity contribution < 1.29 is 13.2 Å². The van der Waals surface area contributed by atoms with Crippen molar-refractivity contribution in [3.63, 3.8) is 0 Å². The molecule has 0 aliphatic carbocycles. The van der Waals surface area contributed by atoms with Crippen LogP contribution >= 0.6 is 11.3 Å². The van der Waals surface area contributed by atoms with E-state index < -0.39 is 10.0 Å². The normalized spacial score (nSPS) is 13.8. The van der Waals surface area contributed by atoms with E-state index >= 15 is 0 Å². The first-order chi connectivity index (χ1) is 9.40. The lowest BCUT2D eigenvalue weighted by Gasteiger charge is -2.21. The first-order valence-corrected chi connectivity index (χ1v) is 9.09. The summed E-state index contributed by atoms with van der Waals surface area (Å²) >= 11 is 1.27. The molecule has 0 bridgehead atoms. The van der Waals surface area contributed by atoms with Gasteiger partial charge in [0.1, 0.15) is 4.21 Å². The van der Waals surface area contributed by atoms with E-state index in [1.54, 1.807) is 6.07 Å². The summed E-state index contributed by atoms with van der Waals surface area (Å²) in [5.41, 5.74) is 5.48. The second-order valence-electron chi connectivity index (χ2n) is 4.89. The maximum Gasteiger partial charge on any atom is 0.250 e. The van der Waals surface area contributed by atoms with E-state index in [-0.39, 0.29) is 12.0 Å². The number of thiophene rings is 1. The van der Waals surface area contributed by atoms with Crippen molar-refractivity contribution in [3.05, 3.63) is 17.0 Å². The van der Waals surface area contributed by atoms with Gasteiger partial charge in [0.2, 0.25) is 10.0 Å². The predicted molar refractivity (Wildman–Crippen MR) is 82.5 cm³/mol. The molecule has 0 aliphatic rings. The number of hydrogen-bond donors (Lipinski definition) is 2. The largest absolute Gasteiger partial charge is 0.380 e. The van der Waals surface area contributed by atoms with Crippen LogP contribution < -0.4 is 10.5 Å². The highest BCUT2D eigenvalue weighted by molar-refractivity contribution is 7.91. The third kappa shape index (κ3) is 5.14. The monoisotopic (exact) mass is 320 g/mol. The van der Waals surface area contributed by atoms with Gasteiger partial charge < -0.3 is 10.5 Å². The number of ether oxygens (including phenoxy) is 1. The fourth-order valence-electron chi connectivity index (χ4n) is 1.64. The molecular weight excluding hydrogens is 296 g/mol. The van der Waals surface area contributed by atoms with Gasteiger partial charge in [-0.3, -0.25) is 0 Å². The first kappa shape index (κ1) is 17.6. The number of nitrogens with two attached hydrogens (primary N) is 1. The Kier molecular flexibility index (Phi) is 7.11. The molecule has 0 spiro atoms. The molecule has 0 radical (unpaired) electrons. The Bertz CT molecular complexity index is 497. The molecule has 20 heavy (non-hydrogen) atoms. The Morgan fingerprint density at radius 2 is 2.10 bits per heavy atom. The molecule has 0 saturated heterocycles. The molecule has 1 aromatic heterocycles. The van der Waals surface area contributed by atoms with Crippen LogP contribution in [0, 0.1) is 5.92 Å². The van der Waals surface area contributed by atoms with Gasteiger partial charge in [-0.05, 0) is 37.9 Å². The zero-order valence-corrected chi connectivity index (χ0v) is 13.9. The standard InChI is InChI=1S/C13H24N2O3S2/c1-4-18-9-12(10(2)3)15-20(16,17)13-6-5-11(19-13)7-8-14/h5-6,10,12,15H,4,7-9,14H2,1-3H3. The summed E-state index contributed by atoms with van der Waals surface area (Å²) in [5, 5.41) is 0.